The van der Waals surface area contributed by atoms with Gasteiger partial charge in [0.1, 0.15) is 30.2 Å². The lowest BCUT2D eigenvalue weighted by Gasteiger charge is -2.22. The van der Waals surface area contributed by atoms with Crippen LogP contribution in [0.25, 0.3) is 22.1 Å². The second-order valence-electron chi connectivity index (χ2n) is 11.2. The van der Waals surface area contributed by atoms with E-state index < -0.39 is 24.5 Å². The quantitative estimate of drug-likeness (QED) is 0.267. The molecule has 10 heteroatoms. The van der Waals surface area contributed by atoms with Crippen molar-refractivity contribution in [2.75, 3.05) is 25.9 Å². The number of rotatable bonds is 8. The number of aromatic amines is 1. The molecule has 37 heavy (non-hydrogen) atoms. The van der Waals surface area contributed by atoms with Crippen LogP contribution in [0.2, 0.25) is 0 Å². The van der Waals surface area contributed by atoms with Crippen molar-refractivity contribution in [2.45, 2.75) is 70.0 Å². The summed E-state index contributed by atoms with van der Waals surface area (Å²) in [4.78, 5) is 18.1. The van der Waals surface area contributed by atoms with E-state index in [1.807, 2.05) is 7.05 Å². The summed E-state index contributed by atoms with van der Waals surface area (Å²) in [6.07, 6.45) is 2.44. The molecule has 5 N–H and O–H groups in total. The molecule has 0 radical (unpaired) electrons. The van der Waals surface area contributed by atoms with Gasteiger partial charge in [-0.1, -0.05) is 26.8 Å². The van der Waals surface area contributed by atoms with Gasteiger partial charge >= 0.3 is 0 Å². The zero-order valence-corrected chi connectivity index (χ0v) is 21.9. The van der Waals surface area contributed by atoms with Gasteiger partial charge in [0.25, 0.3) is 0 Å². The van der Waals surface area contributed by atoms with Crippen LogP contribution in [0.5, 0.6) is 0 Å². The monoisotopic (exact) mass is 507 g/mol. The maximum absolute atomic E-state index is 10.7. The molecule has 4 heterocycles. The third-order valence-electron chi connectivity index (χ3n) is 7.27. The second kappa shape index (κ2) is 10.0. The zero-order valence-electron chi connectivity index (χ0n) is 21.9. The van der Waals surface area contributed by atoms with Gasteiger partial charge in [-0.15, -0.1) is 0 Å². The number of nitrogens with zero attached hydrogens (tertiary/aromatic N) is 5. The molecule has 0 saturated carbocycles. The number of nitrogens with one attached hydrogen (secondary N) is 1. The molecular formula is C27H37N7O3. The molecule has 198 valence electrons. The normalized spacial score (nSPS) is 22.6. The Morgan fingerprint density at radius 2 is 1.92 bits per heavy atom. The van der Waals surface area contributed by atoms with E-state index in [1.54, 1.807) is 4.57 Å². The Morgan fingerprint density at radius 3 is 2.70 bits per heavy atom. The first-order valence-electron chi connectivity index (χ1n) is 12.9. The Labute approximate surface area is 216 Å². The summed E-state index contributed by atoms with van der Waals surface area (Å²) in [5.74, 6) is 0.259. The molecule has 4 aromatic rings. The summed E-state index contributed by atoms with van der Waals surface area (Å²) < 4.78 is 7.67. The number of likely N-dealkylation sites (N-methyl/N-ethyl adjacent to an activating group) is 1. The number of fused-ring (bicyclic) bond motifs is 2. The van der Waals surface area contributed by atoms with Crippen LogP contribution in [-0.2, 0) is 16.6 Å². The van der Waals surface area contributed by atoms with Crippen molar-refractivity contribution in [3.63, 3.8) is 0 Å². The van der Waals surface area contributed by atoms with Gasteiger partial charge in [-0.05, 0) is 67.4 Å². The highest BCUT2D eigenvalue weighted by molar-refractivity contribution is 5.82. The number of aromatic nitrogens is 5. The average Bonchev–Trinajstić information content (AvgIpc) is 3.53. The lowest BCUT2D eigenvalue weighted by molar-refractivity contribution is -0.0422. The van der Waals surface area contributed by atoms with Crippen molar-refractivity contribution in [3.8, 4) is 0 Å². The first-order valence-corrected chi connectivity index (χ1v) is 12.9. The maximum atomic E-state index is 10.7. The van der Waals surface area contributed by atoms with Crippen LogP contribution in [0.3, 0.4) is 0 Å². The third-order valence-corrected chi connectivity index (χ3v) is 7.27. The molecule has 0 spiro atoms. The Morgan fingerprint density at radius 1 is 1.11 bits per heavy atom. The van der Waals surface area contributed by atoms with Crippen molar-refractivity contribution in [1.29, 1.82) is 0 Å². The lowest BCUT2D eigenvalue weighted by Crippen LogP contribution is -2.38. The smallest absolute Gasteiger partial charge is 0.167 e. The molecule has 0 bridgehead atoms. The first-order chi connectivity index (χ1) is 17.6. The predicted molar refractivity (Wildman–Crippen MR) is 143 cm³/mol. The van der Waals surface area contributed by atoms with Crippen LogP contribution < -0.4 is 5.73 Å². The van der Waals surface area contributed by atoms with E-state index in [9.17, 15) is 10.2 Å². The van der Waals surface area contributed by atoms with Crippen molar-refractivity contribution in [1.82, 2.24) is 29.4 Å². The summed E-state index contributed by atoms with van der Waals surface area (Å²) in [6.45, 7) is 8.07. The van der Waals surface area contributed by atoms with Gasteiger partial charge in [0.2, 0.25) is 0 Å². The van der Waals surface area contributed by atoms with E-state index in [1.165, 1.54) is 34.8 Å². The number of aliphatic hydroxyl groups is 2. The molecule has 1 aromatic carbocycles. The lowest BCUT2D eigenvalue weighted by atomic mass is 9.86. The van der Waals surface area contributed by atoms with E-state index in [0.29, 0.717) is 17.7 Å². The van der Waals surface area contributed by atoms with Gasteiger partial charge in [0, 0.05) is 17.8 Å². The van der Waals surface area contributed by atoms with Gasteiger partial charge in [-0.3, -0.25) is 4.57 Å². The van der Waals surface area contributed by atoms with Crippen molar-refractivity contribution in [2.24, 2.45) is 0 Å². The Hall–Kier alpha value is -3.05. The molecule has 3 aromatic heterocycles. The number of unbranched alkanes of at least 4 members (excludes halogenated alkanes) is 1. The molecule has 1 fully saturated rings. The molecule has 0 unspecified atom stereocenters. The minimum atomic E-state index is -1.10. The van der Waals surface area contributed by atoms with Crippen LogP contribution in [-0.4, -0.2) is 78.1 Å². The van der Waals surface area contributed by atoms with E-state index >= 15 is 0 Å². The molecule has 1 aliphatic rings. The summed E-state index contributed by atoms with van der Waals surface area (Å²) in [7, 11) is 2.01. The van der Waals surface area contributed by atoms with E-state index in [-0.39, 0.29) is 11.2 Å². The van der Waals surface area contributed by atoms with Crippen molar-refractivity contribution in [3.05, 3.63) is 48.2 Å². The number of aryl methyl sites for hydroxylation is 1. The van der Waals surface area contributed by atoms with Gasteiger partial charge < -0.3 is 30.6 Å². The largest absolute Gasteiger partial charge is 0.387 e. The van der Waals surface area contributed by atoms with Crippen LogP contribution in [0.4, 0.5) is 5.82 Å². The fraction of sp³-hybridized carbons (Fsp3) is 0.519. The number of benzene rings is 1. The van der Waals surface area contributed by atoms with E-state index in [4.69, 9.17) is 10.5 Å². The number of anilines is 1. The summed E-state index contributed by atoms with van der Waals surface area (Å²) in [5, 5.41) is 22.6. The second-order valence-corrected chi connectivity index (χ2v) is 11.2. The number of nitrogen functional groups attached to an aromatic ring is 1. The number of nitrogens with two attached hydrogens (primary N) is 1. The fourth-order valence-electron chi connectivity index (χ4n) is 5.06. The third kappa shape index (κ3) is 5.19. The number of ether oxygens (including phenoxy) is 1. The van der Waals surface area contributed by atoms with Crippen molar-refractivity contribution >= 4 is 27.9 Å². The molecule has 4 atom stereocenters. The predicted octanol–water partition coefficient (Wildman–Crippen LogP) is 2.76. The standard InChI is InChI=1S/C27H37N7O3/c1-27(2,3)17-8-9-19-16(11-17)12-18(32-19)7-5-6-10-33(4)13-20-22(35)23(36)26(37-20)34-15-31-21-24(28)29-14-30-25(21)34/h8-9,11-12,14-15,20,22-23,26,32,35-36H,5-7,10,13H2,1-4H3,(H2,28,29,30)/t20-,22-,23-,26-/m1/s1. The number of hydrogen-bond acceptors (Lipinski definition) is 8. The van der Waals surface area contributed by atoms with Crippen LogP contribution in [0.1, 0.15) is 51.1 Å². The molecule has 0 aliphatic carbocycles. The number of hydrogen-bond donors (Lipinski definition) is 4. The van der Waals surface area contributed by atoms with Gasteiger partial charge in [0.15, 0.2) is 17.7 Å². The summed E-state index contributed by atoms with van der Waals surface area (Å²) in [5.41, 5.74) is 10.7. The minimum absolute atomic E-state index is 0.137. The van der Waals surface area contributed by atoms with E-state index in [2.05, 4.69) is 69.9 Å². The minimum Gasteiger partial charge on any atom is -0.387 e. The van der Waals surface area contributed by atoms with Crippen molar-refractivity contribution < 1.29 is 14.9 Å². The molecular weight excluding hydrogens is 470 g/mol. The first kappa shape index (κ1) is 25.6. The SMILES string of the molecule is CN(CCCCc1cc2cc(C(C)(C)C)ccc2[nH]1)C[C@H]1O[C@@H](n2cnc3c(N)ncnc32)[C@H](O)[C@@H]1O. The fourth-order valence-corrected chi connectivity index (χ4v) is 5.06. The molecule has 1 aliphatic heterocycles. The van der Waals surface area contributed by atoms with Gasteiger partial charge in [-0.2, -0.15) is 0 Å². The van der Waals surface area contributed by atoms with E-state index in [0.717, 1.165) is 25.8 Å². The molecule has 5 rings (SSSR count). The molecule has 0 amide bonds. The highest BCUT2D eigenvalue weighted by Gasteiger charge is 2.44. The number of imidazole rings is 1. The Bertz CT molecular complexity index is 1380. The zero-order chi connectivity index (χ0) is 26.3. The van der Waals surface area contributed by atoms with Crippen LogP contribution in [0, 0.1) is 0 Å². The van der Waals surface area contributed by atoms with Crippen LogP contribution in [0.15, 0.2) is 36.9 Å². The Balaban J connectivity index is 1.13. The molecule has 10 nitrogen and oxygen atoms in total. The van der Waals surface area contributed by atoms with Gasteiger partial charge in [-0.25, -0.2) is 15.0 Å². The average molecular weight is 508 g/mol. The molecule has 1 saturated heterocycles. The van der Waals surface area contributed by atoms with Gasteiger partial charge in [0.05, 0.1) is 6.33 Å². The topological polar surface area (TPSA) is 138 Å². The highest BCUT2D eigenvalue weighted by Crippen LogP contribution is 2.32. The highest BCUT2D eigenvalue weighted by atomic mass is 16.6. The van der Waals surface area contributed by atoms with Crippen LogP contribution >= 0.6 is 0 Å². The number of H-pyrrole nitrogens is 1. The maximum Gasteiger partial charge on any atom is 0.167 e. The summed E-state index contributed by atoms with van der Waals surface area (Å²) in [6, 6.07) is 8.93. The summed E-state index contributed by atoms with van der Waals surface area (Å²) >= 11 is 0. The Kier molecular flexibility index (Phi) is 6.93. The number of aliphatic hydroxyl groups excluding tert-OH is 2.